The van der Waals surface area contributed by atoms with E-state index < -0.39 is 57.5 Å². The van der Waals surface area contributed by atoms with Gasteiger partial charge < -0.3 is 20.5 Å². The van der Waals surface area contributed by atoms with E-state index in [1.165, 1.54) is 45.2 Å². The van der Waals surface area contributed by atoms with E-state index in [1.807, 2.05) is 0 Å². The quantitative estimate of drug-likeness (QED) is 0.140. The monoisotopic (exact) mass is 860 g/mol. The Labute approximate surface area is 228 Å². The number of aliphatic hydroxyl groups excluding tert-OH is 1. The van der Waals surface area contributed by atoms with Crippen LogP contribution >= 0.6 is 67.8 Å². The number of rotatable bonds is 7. The summed E-state index contributed by atoms with van der Waals surface area (Å²) in [7, 11) is -5.95. The molecule has 0 aromatic heterocycles. The summed E-state index contributed by atoms with van der Waals surface area (Å²) in [6.07, 6.45) is -16.0. The first-order chi connectivity index (χ1) is 15.1. The number of hydrogen-bond donors (Lipinski definition) is 4. The summed E-state index contributed by atoms with van der Waals surface area (Å²) in [5.41, 5.74) is -6.66. The summed E-state index contributed by atoms with van der Waals surface area (Å²) < 4.78 is 116. The second-order valence-corrected chi connectivity index (χ2v) is 11.2. The molecule has 0 unspecified atom stereocenters. The highest BCUT2D eigenvalue weighted by atomic mass is 127. The molecule has 0 spiro atoms. The van der Waals surface area contributed by atoms with Crippen LogP contribution in [0.25, 0.3) is 0 Å². The molecule has 194 valence electrons. The van der Waals surface area contributed by atoms with Crippen LogP contribution in [0.5, 0.6) is 0 Å². The summed E-state index contributed by atoms with van der Waals surface area (Å²) in [6.45, 7) is 2.08. The van der Waals surface area contributed by atoms with Crippen LogP contribution in [0.15, 0.2) is 0 Å². The summed E-state index contributed by atoms with van der Waals surface area (Å²) in [5.74, 6) is -4.42. The fourth-order valence-electron chi connectivity index (χ4n) is 2.47. The molecule has 0 bridgehead atoms. The van der Waals surface area contributed by atoms with Crippen molar-refractivity contribution in [2.45, 2.75) is 38.1 Å². The molecule has 0 radical (unpaired) electrons. The summed E-state index contributed by atoms with van der Waals surface area (Å²) in [5, 5.41) is 15.0. The van der Waals surface area contributed by atoms with Gasteiger partial charge in [0.05, 0.1) is 14.9 Å². The molecule has 1 rings (SSSR count). The number of hydrogen-bond acceptors (Lipinski definition) is 6. The summed E-state index contributed by atoms with van der Waals surface area (Å²) in [4.78, 5) is 23.1. The minimum absolute atomic E-state index is 0.114. The van der Waals surface area contributed by atoms with E-state index >= 15 is 0 Å². The Bertz CT molecular complexity index is 1040. The summed E-state index contributed by atoms with van der Waals surface area (Å²) >= 11 is 4.45. The Morgan fingerprint density at radius 2 is 1.26 bits per heavy atom. The minimum atomic E-state index is -6.47. The van der Waals surface area contributed by atoms with Crippen LogP contribution in [0.3, 0.4) is 0 Å². The van der Waals surface area contributed by atoms with Crippen molar-refractivity contribution >= 4 is 101 Å². The molecule has 0 aliphatic rings. The van der Waals surface area contributed by atoms with Gasteiger partial charge in [0, 0.05) is 26.6 Å². The van der Waals surface area contributed by atoms with Crippen molar-refractivity contribution in [1.82, 2.24) is 0 Å². The molecule has 0 saturated heterocycles. The van der Waals surface area contributed by atoms with Crippen molar-refractivity contribution in [2.24, 2.45) is 0 Å². The number of benzene rings is 1. The Morgan fingerprint density at radius 3 is 1.53 bits per heavy atom. The first-order valence-corrected chi connectivity index (χ1v) is 13.1. The van der Waals surface area contributed by atoms with Crippen LogP contribution in [-0.4, -0.2) is 53.6 Å². The van der Waals surface area contributed by atoms with Gasteiger partial charge in [0.1, 0.15) is 5.75 Å². The molecule has 0 fully saturated rings. The number of alkyl halides is 6. The van der Waals surface area contributed by atoms with Gasteiger partial charge in [0.15, 0.2) is 6.29 Å². The lowest BCUT2D eigenvalue weighted by Gasteiger charge is -2.38. The number of carbonyl (C=O) groups excluding carboxylic acids is 2. The lowest BCUT2D eigenvalue weighted by atomic mass is 10.0. The van der Waals surface area contributed by atoms with Crippen LogP contribution < -0.4 is 10.6 Å². The molecule has 9 nitrogen and oxygen atoms in total. The van der Waals surface area contributed by atoms with Crippen LogP contribution in [0.1, 0.15) is 25.7 Å². The lowest BCUT2D eigenvalue weighted by molar-refractivity contribution is -0.399. The zero-order valence-electron chi connectivity index (χ0n) is 16.5. The van der Waals surface area contributed by atoms with E-state index in [0.29, 0.717) is 0 Å². The maximum Gasteiger partial charge on any atom is 0.427 e. The van der Waals surface area contributed by atoms with Crippen LogP contribution in [-0.2, 0) is 24.4 Å². The van der Waals surface area contributed by atoms with Gasteiger partial charge in [-0.25, -0.2) is 0 Å². The average molecular weight is 860 g/mol. The highest BCUT2D eigenvalue weighted by molar-refractivity contribution is 14.1. The second kappa shape index (κ2) is 11.0. The number of ether oxygens (including phenoxy) is 1. The van der Waals surface area contributed by atoms with Crippen molar-refractivity contribution in [2.75, 3.05) is 16.4 Å². The van der Waals surface area contributed by atoms with Crippen molar-refractivity contribution < 1.29 is 58.7 Å². The molecular formula is C15H13F6I3N2O7S. The van der Waals surface area contributed by atoms with Gasteiger partial charge >= 0.3 is 12.4 Å². The molecular weight excluding hydrogens is 847 g/mol. The third-order valence-electron chi connectivity index (χ3n) is 3.81. The smallest absolute Gasteiger partial charge is 0.364 e. The molecule has 0 aliphatic heterocycles. The Balaban J connectivity index is 3.93. The first-order valence-electron chi connectivity index (χ1n) is 8.25. The molecule has 0 heterocycles. The van der Waals surface area contributed by atoms with Crippen LogP contribution in [0, 0.1) is 10.7 Å². The predicted octanol–water partition coefficient (Wildman–Crippen LogP) is 4.18. The number of halogens is 9. The molecule has 34 heavy (non-hydrogen) atoms. The van der Waals surface area contributed by atoms with E-state index in [1.54, 1.807) is 22.6 Å². The van der Waals surface area contributed by atoms with Gasteiger partial charge in [-0.2, -0.15) is 34.8 Å². The standard InChI is InChI=1S/C15H13F6I3N2O7S/c1-4(27)25-10-7(22)6(8(23)11(9(10)24)26-5(2)28)12(29)33-13(14(16,17)18,15(19,20)21)3-34(30,31)32/h12,29H,3H2,1-2H3,(H,25,27)(H,26,28)(H,30,31,32)/t12-/m0/s1. The molecule has 4 N–H and O–H groups in total. The maximum absolute atomic E-state index is 13.6. The number of nitrogens with one attached hydrogen (secondary N) is 2. The maximum atomic E-state index is 13.6. The van der Waals surface area contributed by atoms with Crippen LogP contribution in [0.2, 0.25) is 0 Å². The highest BCUT2D eigenvalue weighted by Gasteiger charge is 2.74. The normalized spacial score (nSPS) is 14.0. The highest BCUT2D eigenvalue weighted by Crippen LogP contribution is 2.50. The number of carbonyl (C=O) groups is 2. The third-order valence-corrected chi connectivity index (χ3v) is 7.91. The molecule has 1 aromatic rings. The van der Waals surface area contributed by atoms with Gasteiger partial charge in [-0.1, -0.05) is 0 Å². The fraction of sp³-hybridized carbons (Fsp3) is 0.467. The van der Waals surface area contributed by atoms with Crippen molar-refractivity contribution in [3.8, 4) is 0 Å². The Morgan fingerprint density at radius 1 is 0.912 bits per heavy atom. The largest absolute Gasteiger partial charge is 0.427 e. The molecule has 19 heteroatoms. The number of anilines is 2. The van der Waals surface area contributed by atoms with E-state index in [2.05, 4.69) is 15.4 Å². The Hall–Kier alpha value is -0.240. The van der Waals surface area contributed by atoms with Gasteiger partial charge in [0.2, 0.25) is 11.8 Å². The molecule has 2 amide bonds. The van der Waals surface area contributed by atoms with Crippen LogP contribution in [0.4, 0.5) is 37.7 Å². The molecule has 0 aliphatic carbocycles. The summed E-state index contributed by atoms with van der Waals surface area (Å²) in [6, 6.07) is 0. The zero-order valence-corrected chi connectivity index (χ0v) is 23.8. The lowest BCUT2D eigenvalue weighted by Crippen LogP contribution is -2.63. The van der Waals surface area contributed by atoms with Crippen molar-refractivity contribution in [1.29, 1.82) is 0 Å². The van der Waals surface area contributed by atoms with E-state index in [9.17, 15) is 49.5 Å². The van der Waals surface area contributed by atoms with Crippen molar-refractivity contribution in [3.05, 3.63) is 16.3 Å². The predicted molar refractivity (Wildman–Crippen MR) is 131 cm³/mol. The van der Waals surface area contributed by atoms with Gasteiger partial charge in [-0.15, -0.1) is 0 Å². The first kappa shape index (κ1) is 31.8. The van der Waals surface area contributed by atoms with E-state index in [0.717, 1.165) is 13.8 Å². The molecule has 1 aromatic carbocycles. The third kappa shape index (κ3) is 7.17. The van der Waals surface area contributed by atoms with E-state index in [-0.39, 0.29) is 22.1 Å². The number of amides is 2. The SMILES string of the molecule is CC(=O)Nc1c(I)c(NC(C)=O)c(I)c([C@@H](O)OC(CS(=O)(=O)O)(C(F)(F)F)C(F)(F)F)c1I. The van der Waals surface area contributed by atoms with Gasteiger partial charge in [-0.05, 0) is 67.8 Å². The minimum Gasteiger partial charge on any atom is -0.364 e. The number of aliphatic hydroxyl groups is 1. The van der Waals surface area contributed by atoms with Gasteiger partial charge in [-0.3, -0.25) is 14.1 Å². The molecule has 1 atom stereocenters. The molecule has 0 saturated carbocycles. The van der Waals surface area contributed by atoms with Crippen molar-refractivity contribution in [3.63, 3.8) is 0 Å². The average Bonchev–Trinajstić information content (AvgIpc) is 2.58. The Kier molecular flexibility index (Phi) is 10.3. The van der Waals surface area contributed by atoms with Gasteiger partial charge in [0.25, 0.3) is 15.7 Å². The zero-order chi connectivity index (χ0) is 27.0. The fourth-order valence-corrected chi connectivity index (χ4v) is 7.62. The topological polar surface area (TPSA) is 142 Å². The van der Waals surface area contributed by atoms with E-state index in [4.69, 9.17) is 4.55 Å². The second-order valence-electron chi connectivity index (χ2n) is 6.49.